The first kappa shape index (κ1) is 13.7. The standard InChI is InChI=1S/C12H15N3O3S/c1-2-3-8(16)6-13-10(17)9-7-14-12-15(11(9)18)4-5-19-12/h4-5,7-8,16H,2-3,6H2,1H3,(H,13,17). The first-order chi connectivity index (χ1) is 9.13. The zero-order valence-corrected chi connectivity index (χ0v) is 11.3. The number of carbonyl (C=O) groups is 1. The van der Waals surface area contributed by atoms with Crippen molar-refractivity contribution in [2.24, 2.45) is 0 Å². The third kappa shape index (κ3) is 2.99. The highest BCUT2D eigenvalue weighted by molar-refractivity contribution is 7.15. The van der Waals surface area contributed by atoms with E-state index in [1.165, 1.54) is 21.9 Å². The van der Waals surface area contributed by atoms with Crippen LogP contribution in [0.2, 0.25) is 0 Å². The fourth-order valence-corrected chi connectivity index (χ4v) is 2.40. The minimum absolute atomic E-state index is 0.0143. The van der Waals surface area contributed by atoms with E-state index in [1.807, 2.05) is 6.92 Å². The monoisotopic (exact) mass is 281 g/mol. The number of aliphatic hydroxyl groups is 1. The van der Waals surface area contributed by atoms with E-state index in [1.54, 1.807) is 11.6 Å². The van der Waals surface area contributed by atoms with Gasteiger partial charge in [0.2, 0.25) is 0 Å². The van der Waals surface area contributed by atoms with E-state index in [-0.39, 0.29) is 12.1 Å². The highest BCUT2D eigenvalue weighted by Crippen LogP contribution is 2.05. The van der Waals surface area contributed by atoms with E-state index >= 15 is 0 Å². The van der Waals surface area contributed by atoms with Gasteiger partial charge in [-0.25, -0.2) is 4.98 Å². The lowest BCUT2D eigenvalue weighted by atomic mass is 10.2. The molecule has 2 N–H and O–H groups in total. The van der Waals surface area contributed by atoms with Crippen molar-refractivity contribution in [1.29, 1.82) is 0 Å². The van der Waals surface area contributed by atoms with Crippen LogP contribution in [0.5, 0.6) is 0 Å². The quantitative estimate of drug-likeness (QED) is 0.842. The molecule has 2 heterocycles. The molecule has 0 saturated heterocycles. The first-order valence-electron chi connectivity index (χ1n) is 6.04. The largest absolute Gasteiger partial charge is 0.391 e. The summed E-state index contributed by atoms with van der Waals surface area (Å²) in [6, 6.07) is 0. The van der Waals surface area contributed by atoms with Crippen LogP contribution in [0.15, 0.2) is 22.6 Å². The lowest BCUT2D eigenvalue weighted by Crippen LogP contribution is -2.35. The van der Waals surface area contributed by atoms with Gasteiger partial charge in [0.05, 0.1) is 6.10 Å². The van der Waals surface area contributed by atoms with Gasteiger partial charge in [-0.2, -0.15) is 0 Å². The summed E-state index contributed by atoms with van der Waals surface area (Å²) in [7, 11) is 0. The number of aliphatic hydroxyl groups excluding tert-OH is 1. The summed E-state index contributed by atoms with van der Waals surface area (Å²) in [6.07, 6.45) is 3.71. The molecular formula is C12H15N3O3S. The molecule has 102 valence electrons. The Morgan fingerprint density at radius 1 is 1.63 bits per heavy atom. The van der Waals surface area contributed by atoms with E-state index in [0.717, 1.165) is 6.42 Å². The van der Waals surface area contributed by atoms with Gasteiger partial charge in [0.15, 0.2) is 4.96 Å². The van der Waals surface area contributed by atoms with Crippen molar-refractivity contribution < 1.29 is 9.90 Å². The van der Waals surface area contributed by atoms with Gasteiger partial charge < -0.3 is 10.4 Å². The van der Waals surface area contributed by atoms with E-state index < -0.39 is 17.6 Å². The summed E-state index contributed by atoms with van der Waals surface area (Å²) in [6.45, 7) is 2.09. The summed E-state index contributed by atoms with van der Waals surface area (Å²) < 4.78 is 1.34. The molecule has 0 aliphatic heterocycles. The number of hydrogen-bond donors (Lipinski definition) is 2. The van der Waals surface area contributed by atoms with E-state index in [0.29, 0.717) is 11.4 Å². The third-order valence-electron chi connectivity index (χ3n) is 2.71. The van der Waals surface area contributed by atoms with Crippen LogP contribution < -0.4 is 10.9 Å². The number of thiazole rings is 1. The Morgan fingerprint density at radius 2 is 2.42 bits per heavy atom. The fraction of sp³-hybridized carbons (Fsp3) is 0.417. The van der Waals surface area contributed by atoms with Gasteiger partial charge in [0, 0.05) is 24.3 Å². The second kappa shape index (κ2) is 5.94. The smallest absolute Gasteiger partial charge is 0.271 e. The molecule has 0 bridgehead atoms. The van der Waals surface area contributed by atoms with Crippen LogP contribution in [0.4, 0.5) is 0 Å². The molecule has 1 atom stereocenters. The van der Waals surface area contributed by atoms with Crippen LogP contribution in [0.3, 0.4) is 0 Å². The van der Waals surface area contributed by atoms with E-state index in [2.05, 4.69) is 10.3 Å². The lowest BCUT2D eigenvalue weighted by Gasteiger charge is -2.10. The van der Waals surface area contributed by atoms with Gasteiger partial charge in [0.25, 0.3) is 11.5 Å². The highest BCUT2D eigenvalue weighted by Gasteiger charge is 2.14. The Hall–Kier alpha value is -1.73. The molecule has 0 aromatic carbocycles. The molecule has 0 saturated carbocycles. The second-order valence-corrected chi connectivity index (χ2v) is 5.06. The molecule has 7 heteroatoms. The third-order valence-corrected chi connectivity index (χ3v) is 3.48. The topological polar surface area (TPSA) is 83.7 Å². The van der Waals surface area contributed by atoms with Gasteiger partial charge in [0.1, 0.15) is 5.56 Å². The van der Waals surface area contributed by atoms with Crippen LogP contribution in [0.1, 0.15) is 30.1 Å². The molecule has 6 nitrogen and oxygen atoms in total. The van der Waals surface area contributed by atoms with Crippen LogP contribution in [-0.4, -0.2) is 33.0 Å². The molecule has 0 fully saturated rings. The van der Waals surface area contributed by atoms with Crippen molar-refractivity contribution in [3.05, 3.63) is 33.7 Å². The average Bonchev–Trinajstić information content (AvgIpc) is 2.86. The Kier molecular flexibility index (Phi) is 4.28. The number of carbonyl (C=O) groups excluding carboxylic acids is 1. The number of nitrogens with one attached hydrogen (secondary N) is 1. The fourth-order valence-electron chi connectivity index (χ4n) is 1.72. The van der Waals surface area contributed by atoms with Crippen molar-refractivity contribution in [2.45, 2.75) is 25.9 Å². The molecule has 2 aromatic heterocycles. The number of fused-ring (bicyclic) bond motifs is 1. The molecule has 0 aliphatic carbocycles. The number of rotatable bonds is 5. The summed E-state index contributed by atoms with van der Waals surface area (Å²) >= 11 is 1.33. The van der Waals surface area contributed by atoms with Crippen molar-refractivity contribution in [3.63, 3.8) is 0 Å². The predicted octanol–water partition coefficient (Wildman–Crippen LogP) is 0.647. The highest BCUT2D eigenvalue weighted by atomic mass is 32.1. The molecule has 2 rings (SSSR count). The summed E-state index contributed by atoms with van der Waals surface area (Å²) in [4.78, 5) is 28.5. The Morgan fingerprint density at radius 3 is 3.16 bits per heavy atom. The van der Waals surface area contributed by atoms with Crippen LogP contribution >= 0.6 is 11.3 Å². The van der Waals surface area contributed by atoms with Crippen molar-refractivity contribution in [3.8, 4) is 0 Å². The number of aromatic nitrogens is 2. The molecule has 0 spiro atoms. The van der Waals surface area contributed by atoms with Crippen LogP contribution in [0, 0.1) is 0 Å². The zero-order valence-electron chi connectivity index (χ0n) is 10.5. The summed E-state index contributed by atoms with van der Waals surface area (Å²) in [5.74, 6) is -0.506. The lowest BCUT2D eigenvalue weighted by molar-refractivity contribution is 0.0908. The molecule has 2 aromatic rings. The molecule has 0 radical (unpaired) electrons. The molecule has 1 amide bonds. The minimum atomic E-state index is -0.588. The molecule has 0 aliphatic rings. The van der Waals surface area contributed by atoms with Crippen LogP contribution in [-0.2, 0) is 0 Å². The van der Waals surface area contributed by atoms with Crippen molar-refractivity contribution in [2.75, 3.05) is 6.54 Å². The predicted molar refractivity (Wildman–Crippen MR) is 72.6 cm³/mol. The van der Waals surface area contributed by atoms with Gasteiger partial charge in [-0.05, 0) is 6.42 Å². The van der Waals surface area contributed by atoms with Gasteiger partial charge >= 0.3 is 0 Å². The molecular weight excluding hydrogens is 266 g/mol. The Bertz CT molecular complexity index is 634. The Labute approximate surface area is 113 Å². The van der Waals surface area contributed by atoms with Gasteiger partial charge in [-0.3, -0.25) is 14.0 Å². The summed E-state index contributed by atoms with van der Waals surface area (Å²) in [5, 5.41) is 13.8. The minimum Gasteiger partial charge on any atom is -0.391 e. The summed E-state index contributed by atoms with van der Waals surface area (Å²) in [5.41, 5.74) is -0.409. The molecule has 19 heavy (non-hydrogen) atoms. The second-order valence-electron chi connectivity index (χ2n) is 4.19. The maximum Gasteiger partial charge on any atom is 0.271 e. The Balaban J connectivity index is 2.13. The van der Waals surface area contributed by atoms with E-state index in [4.69, 9.17) is 0 Å². The number of nitrogens with zero attached hydrogens (tertiary/aromatic N) is 2. The van der Waals surface area contributed by atoms with Crippen LogP contribution in [0.25, 0.3) is 4.96 Å². The maximum absolute atomic E-state index is 12.0. The number of amides is 1. The van der Waals surface area contributed by atoms with E-state index in [9.17, 15) is 14.7 Å². The molecule has 1 unspecified atom stereocenters. The van der Waals surface area contributed by atoms with Gasteiger partial charge in [-0.1, -0.05) is 13.3 Å². The normalized spacial score (nSPS) is 12.5. The zero-order chi connectivity index (χ0) is 13.8. The SMILES string of the molecule is CCCC(O)CNC(=O)c1cnc2sccn2c1=O. The maximum atomic E-state index is 12.0. The van der Waals surface area contributed by atoms with Crippen molar-refractivity contribution >= 4 is 22.2 Å². The van der Waals surface area contributed by atoms with Crippen molar-refractivity contribution in [1.82, 2.24) is 14.7 Å². The first-order valence-corrected chi connectivity index (χ1v) is 6.92. The average molecular weight is 281 g/mol. The number of hydrogen-bond acceptors (Lipinski definition) is 5. The van der Waals surface area contributed by atoms with Gasteiger partial charge in [-0.15, -0.1) is 11.3 Å².